The first kappa shape index (κ1) is 18.5. The third-order valence-corrected chi connectivity index (χ3v) is 4.94. The Labute approximate surface area is 141 Å². The molecule has 1 heterocycles. The zero-order valence-corrected chi connectivity index (χ0v) is 15.3. The highest BCUT2D eigenvalue weighted by Gasteiger charge is 2.29. The van der Waals surface area contributed by atoms with Gasteiger partial charge in [0, 0.05) is 26.2 Å². The average molecular weight is 326 g/mol. The molecular weight excluding hydrogens is 292 g/mol. The van der Waals surface area contributed by atoms with Crippen molar-refractivity contribution in [1.82, 2.24) is 10.2 Å². The van der Waals surface area contributed by atoms with Crippen LogP contribution in [0.3, 0.4) is 0 Å². The Hall–Kier alpha value is -0.810. The van der Waals surface area contributed by atoms with Crippen LogP contribution >= 0.6 is 0 Å². The maximum atomic E-state index is 12.1. The molecule has 0 bridgehead atoms. The minimum absolute atomic E-state index is 0.171. The molecule has 2 aliphatic rings. The van der Waals surface area contributed by atoms with Crippen LogP contribution < -0.4 is 5.32 Å². The molecule has 1 aliphatic carbocycles. The Kier molecular flexibility index (Phi) is 6.72. The number of nitrogens with one attached hydrogen (secondary N) is 1. The van der Waals surface area contributed by atoms with Gasteiger partial charge in [-0.2, -0.15) is 0 Å². The average Bonchev–Trinajstić information content (AvgIpc) is 2.52. The summed E-state index contributed by atoms with van der Waals surface area (Å²) in [6.07, 6.45) is 7.27. The minimum atomic E-state index is -0.411. The highest BCUT2D eigenvalue weighted by Crippen LogP contribution is 2.23. The number of hydrogen-bond acceptors (Lipinski definition) is 4. The molecule has 1 saturated heterocycles. The SMILES string of the molecule is COC1CCCCC1NCC1CCN(C(=O)OC(C)(C)C)CC1. The first-order valence-corrected chi connectivity index (χ1v) is 9.13. The highest BCUT2D eigenvalue weighted by atomic mass is 16.6. The van der Waals surface area contributed by atoms with Crippen molar-refractivity contribution in [3.8, 4) is 0 Å². The number of methoxy groups -OCH3 is 1. The van der Waals surface area contributed by atoms with E-state index in [1.165, 1.54) is 25.7 Å². The molecule has 1 amide bonds. The molecule has 23 heavy (non-hydrogen) atoms. The van der Waals surface area contributed by atoms with Crippen molar-refractivity contribution in [3.05, 3.63) is 0 Å². The predicted octanol–water partition coefficient (Wildman–Crippen LogP) is 3.18. The van der Waals surface area contributed by atoms with E-state index in [4.69, 9.17) is 9.47 Å². The summed E-state index contributed by atoms with van der Waals surface area (Å²) >= 11 is 0. The van der Waals surface area contributed by atoms with Crippen molar-refractivity contribution in [2.75, 3.05) is 26.7 Å². The van der Waals surface area contributed by atoms with Crippen LogP contribution in [0.1, 0.15) is 59.3 Å². The maximum absolute atomic E-state index is 12.1. The number of nitrogens with zero attached hydrogens (tertiary/aromatic N) is 1. The second-order valence-corrected chi connectivity index (χ2v) is 7.98. The minimum Gasteiger partial charge on any atom is -0.444 e. The Morgan fingerprint density at radius 2 is 1.78 bits per heavy atom. The fourth-order valence-corrected chi connectivity index (χ4v) is 3.58. The number of hydrogen-bond donors (Lipinski definition) is 1. The van der Waals surface area contributed by atoms with Crippen LogP contribution in [-0.4, -0.2) is 55.5 Å². The van der Waals surface area contributed by atoms with Crippen LogP contribution in [0.5, 0.6) is 0 Å². The molecule has 1 N–H and O–H groups in total. The van der Waals surface area contributed by atoms with E-state index >= 15 is 0 Å². The second kappa shape index (κ2) is 8.34. The van der Waals surface area contributed by atoms with Gasteiger partial charge < -0.3 is 19.7 Å². The van der Waals surface area contributed by atoms with E-state index in [0.717, 1.165) is 32.5 Å². The molecule has 2 atom stereocenters. The second-order valence-electron chi connectivity index (χ2n) is 7.98. The Morgan fingerprint density at radius 1 is 1.13 bits per heavy atom. The van der Waals surface area contributed by atoms with Gasteiger partial charge in [0.15, 0.2) is 0 Å². The lowest BCUT2D eigenvalue weighted by molar-refractivity contribution is 0.0170. The van der Waals surface area contributed by atoms with Gasteiger partial charge >= 0.3 is 6.09 Å². The largest absolute Gasteiger partial charge is 0.444 e. The van der Waals surface area contributed by atoms with Crippen LogP contribution in [0, 0.1) is 5.92 Å². The van der Waals surface area contributed by atoms with Gasteiger partial charge in [0.2, 0.25) is 0 Å². The highest BCUT2D eigenvalue weighted by molar-refractivity contribution is 5.68. The predicted molar refractivity (Wildman–Crippen MR) is 91.6 cm³/mol. The van der Waals surface area contributed by atoms with Gasteiger partial charge in [0.1, 0.15) is 5.60 Å². The lowest BCUT2D eigenvalue weighted by Crippen LogP contribution is -2.47. The number of carbonyl (C=O) groups is 1. The topological polar surface area (TPSA) is 50.8 Å². The molecule has 1 saturated carbocycles. The fraction of sp³-hybridized carbons (Fsp3) is 0.944. The molecule has 134 valence electrons. The van der Waals surface area contributed by atoms with Crippen molar-refractivity contribution in [3.63, 3.8) is 0 Å². The van der Waals surface area contributed by atoms with Crippen LogP contribution in [-0.2, 0) is 9.47 Å². The Balaban J connectivity index is 1.69. The summed E-state index contributed by atoms with van der Waals surface area (Å²) in [7, 11) is 1.82. The van der Waals surface area contributed by atoms with Crippen LogP contribution in [0.25, 0.3) is 0 Å². The molecule has 0 spiro atoms. The normalized spacial score (nSPS) is 27.0. The smallest absolute Gasteiger partial charge is 0.410 e. The summed E-state index contributed by atoms with van der Waals surface area (Å²) in [6.45, 7) is 8.39. The Bertz CT molecular complexity index is 373. The molecule has 1 aliphatic heterocycles. The van der Waals surface area contributed by atoms with E-state index in [9.17, 15) is 4.79 Å². The van der Waals surface area contributed by atoms with Gasteiger partial charge in [0.05, 0.1) is 6.10 Å². The number of rotatable bonds is 4. The molecule has 0 aromatic heterocycles. The molecule has 5 heteroatoms. The zero-order chi connectivity index (χ0) is 16.9. The van der Waals surface area contributed by atoms with Crippen molar-refractivity contribution in [2.24, 2.45) is 5.92 Å². The van der Waals surface area contributed by atoms with Crippen LogP contribution in [0.15, 0.2) is 0 Å². The van der Waals surface area contributed by atoms with Gasteiger partial charge in [-0.3, -0.25) is 0 Å². The van der Waals surface area contributed by atoms with Crippen molar-refractivity contribution in [2.45, 2.75) is 77.0 Å². The van der Waals surface area contributed by atoms with E-state index in [0.29, 0.717) is 18.1 Å². The fourth-order valence-electron chi connectivity index (χ4n) is 3.58. The third kappa shape index (κ3) is 5.96. The van der Waals surface area contributed by atoms with Crippen molar-refractivity contribution in [1.29, 1.82) is 0 Å². The lowest BCUT2D eigenvalue weighted by atomic mass is 9.91. The summed E-state index contributed by atoms with van der Waals surface area (Å²) < 4.78 is 11.1. The molecular formula is C18H34N2O3. The summed E-state index contributed by atoms with van der Waals surface area (Å²) in [5.74, 6) is 0.646. The Morgan fingerprint density at radius 3 is 2.39 bits per heavy atom. The van der Waals surface area contributed by atoms with Gasteiger partial charge in [-0.05, 0) is 58.9 Å². The molecule has 0 aromatic carbocycles. The van der Waals surface area contributed by atoms with Crippen LogP contribution in [0.2, 0.25) is 0 Å². The van der Waals surface area contributed by atoms with Gasteiger partial charge in [-0.25, -0.2) is 4.79 Å². The van der Waals surface area contributed by atoms with E-state index < -0.39 is 5.60 Å². The van der Waals surface area contributed by atoms with E-state index in [2.05, 4.69) is 5.32 Å². The number of ether oxygens (including phenoxy) is 2. The molecule has 0 radical (unpaired) electrons. The molecule has 5 nitrogen and oxygen atoms in total. The quantitative estimate of drug-likeness (QED) is 0.862. The maximum Gasteiger partial charge on any atom is 0.410 e. The number of amides is 1. The zero-order valence-electron chi connectivity index (χ0n) is 15.3. The molecule has 2 unspecified atom stereocenters. The van der Waals surface area contributed by atoms with Gasteiger partial charge in [-0.1, -0.05) is 12.8 Å². The van der Waals surface area contributed by atoms with E-state index in [-0.39, 0.29) is 6.09 Å². The molecule has 2 fully saturated rings. The summed E-state index contributed by atoms with van der Waals surface area (Å²) in [5.41, 5.74) is -0.411. The molecule has 0 aromatic rings. The van der Waals surface area contributed by atoms with Gasteiger partial charge in [-0.15, -0.1) is 0 Å². The first-order chi connectivity index (χ1) is 10.9. The van der Waals surface area contributed by atoms with Crippen molar-refractivity contribution < 1.29 is 14.3 Å². The van der Waals surface area contributed by atoms with E-state index in [1.54, 1.807) is 0 Å². The lowest BCUT2D eigenvalue weighted by Gasteiger charge is -2.36. The third-order valence-electron chi connectivity index (χ3n) is 4.94. The summed E-state index contributed by atoms with van der Waals surface area (Å²) in [5, 5.41) is 3.71. The van der Waals surface area contributed by atoms with Gasteiger partial charge in [0.25, 0.3) is 0 Å². The summed E-state index contributed by atoms with van der Waals surface area (Å²) in [4.78, 5) is 13.9. The van der Waals surface area contributed by atoms with Crippen molar-refractivity contribution >= 4 is 6.09 Å². The van der Waals surface area contributed by atoms with E-state index in [1.807, 2.05) is 32.8 Å². The number of carbonyl (C=O) groups excluding carboxylic acids is 1. The number of likely N-dealkylation sites (tertiary alicyclic amines) is 1. The standard InChI is InChI=1S/C18H34N2O3/c1-18(2,3)23-17(21)20-11-9-14(10-12-20)13-19-15-7-5-6-8-16(15)22-4/h14-16,19H,5-13H2,1-4H3. The first-order valence-electron chi connectivity index (χ1n) is 9.13. The summed E-state index contributed by atoms with van der Waals surface area (Å²) in [6, 6.07) is 0.498. The van der Waals surface area contributed by atoms with Crippen LogP contribution in [0.4, 0.5) is 4.79 Å². The molecule has 2 rings (SSSR count). The number of piperidine rings is 1. The monoisotopic (exact) mass is 326 g/mol.